The Morgan fingerprint density at radius 1 is 1.17 bits per heavy atom. The number of hydrogen-bond donors (Lipinski definition) is 1. The van der Waals surface area contributed by atoms with Crippen LogP contribution in [0.3, 0.4) is 0 Å². The number of hydrogen-bond acceptors (Lipinski definition) is 4. The minimum atomic E-state index is -0.469. The van der Waals surface area contributed by atoms with E-state index in [2.05, 4.69) is 37.4 Å². The second-order valence-electron chi connectivity index (χ2n) is 5.95. The van der Waals surface area contributed by atoms with Gasteiger partial charge in [0.2, 0.25) is 5.91 Å². The molecule has 0 aliphatic heterocycles. The summed E-state index contributed by atoms with van der Waals surface area (Å²) in [7, 11) is 1.88. The zero-order valence-electron chi connectivity index (χ0n) is 14.1. The molecule has 0 spiro atoms. The number of nitro benzene ring substituents is 1. The van der Waals surface area contributed by atoms with Gasteiger partial charge in [-0.2, -0.15) is 0 Å². The molecule has 0 saturated carbocycles. The molecule has 126 valence electrons. The fourth-order valence-electron chi connectivity index (χ4n) is 2.48. The Balaban J connectivity index is 1.90. The number of non-ortho nitro benzene ring substituents is 1. The van der Waals surface area contributed by atoms with Gasteiger partial charge in [0.25, 0.3) is 5.69 Å². The van der Waals surface area contributed by atoms with Crippen LogP contribution in [0.15, 0.2) is 42.5 Å². The molecule has 0 aromatic heterocycles. The summed E-state index contributed by atoms with van der Waals surface area (Å²) in [4.78, 5) is 24.2. The van der Waals surface area contributed by atoms with E-state index in [1.165, 1.54) is 41.0 Å². The van der Waals surface area contributed by atoms with E-state index in [0.717, 1.165) is 0 Å². The van der Waals surface area contributed by atoms with E-state index in [1.54, 1.807) is 0 Å². The number of anilines is 1. The first-order chi connectivity index (χ1) is 11.3. The Hall–Kier alpha value is -2.73. The molecule has 0 aliphatic carbocycles. The van der Waals surface area contributed by atoms with Gasteiger partial charge in [0, 0.05) is 24.4 Å². The Kier molecular flexibility index (Phi) is 5.65. The first-order valence-electron chi connectivity index (χ1n) is 7.64. The topological polar surface area (TPSA) is 75.5 Å². The predicted octanol–water partition coefficient (Wildman–Crippen LogP) is 3.28. The molecule has 0 atom stereocenters. The molecule has 2 aromatic carbocycles. The number of amides is 1. The van der Waals surface area contributed by atoms with E-state index in [1.807, 2.05) is 11.9 Å². The normalized spacial score (nSPS) is 10.7. The van der Waals surface area contributed by atoms with Crippen LogP contribution in [-0.4, -0.2) is 29.3 Å². The molecule has 0 heterocycles. The average molecular weight is 327 g/mol. The van der Waals surface area contributed by atoms with Crippen molar-refractivity contribution in [3.05, 3.63) is 69.3 Å². The van der Waals surface area contributed by atoms with Crippen LogP contribution in [0.5, 0.6) is 0 Å². The lowest BCUT2D eigenvalue weighted by Crippen LogP contribution is -2.30. The van der Waals surface area contributed by atoms with Crippen molar-refractivity contribution in [1.82, 2.24) is 4.90 Å². The lowest BCUT2D eigenvalue weighted by molar-refractivity contribution is -0.384. The Labute approximate surface area is 141 Å². The lowest BCUT2D eigenvalue weighted by Gasteiger charge is -2.18. The van der Waals surface area contributed by atoms with Crippen molar-refractivity contribution in [2.45, 2.75) is 20.4 Å². The highest BCUT2D eigenvalue weighted by molar-refractivity contribution is 5.92. The summed E-state index contributed by atoms with van der Waals surface area (Å²) in [5, 5.41) is 13.4. The minimum Gasteiger partial charge on any atom is -0.325 e. The summed E-state index contributed by atoms with van der Waals surface area (Å²) in [5.41, 5.74) is 4.16. The largest absolute Gasteiger partial charge is 0.325 e. The summed E-state index contributed by atoms with van der Waals surface area (Å²) < 4.78 is 0. The van der Waals surface area contributed by atoms with Gasteiger partial charge in [-0.05, 0) is 44.2 Å². The van der Waals surface area contributed by atoms with Gasteiger partial charge in [0.1, 0.15) is 0 Å². The molecule has 0 unspecified atom stereocenters. The molecule has 1 amide bonds. The Bertz CT molecular complexity index is 742. The van der Waals surface area contributed by atoms with Crippen molar-refractivity contribution in [3.8, 4) is 0 Å². The Morgan fingerprint density at radius 3 is 2.42 bits per heavy atom. The maximum absolute atomic E-state index is 12.1. The van der Waals surface area contributed by atoms with Crippen LogP contribution in [0, 0.1) is 24.0 Å². The highest BCUT2D eigenvalue weighted by Crippen LogP contribution is 2.16. The van der Waals surface area contributed by atoms with E-state index in [4.69, 9.17) is 0 Å². The maximum Gasteiger partial charge on any atom is 0.269 e. The third-order valence-corrected chi connectivity index (χ3v) is 3.71. The number of carbonyl (C=O) groups is 1. The monoisotopic (exact) mass is 327 g/mol. The van der Waals surface area contributed by atoms with Crippen molar-refractivity contribution in [3.63, 3.8) is 0 Å². The molecule has 2 aromatic rings. The van der Waals surface area contributed by atoms with Crippen molar-refractivity contribution in [1.29, 1.82) is 0 Å². The molecule has 0 radical (unpaired) electrons. The van der Waals surface area contributed by atoms with E-state index in [-0.39, 0.29) is 18.1 Å². The van der Waals surface area contributed by atoms with Gasteiger partial charge in [-0.25, -0.2) is 0 Å². The van der Waals surface area contributed by atoms with Crippen molar-refractivity contribution < 1.29 is 9.72 Å². The van der Waals surface area contributed by atoms with E-state index in [9.17, 15) is 14.9 Å². The summed E-state index contributed by atoms with van der Waals surface area (Å²) in [5.74, 6) is -0.156. The van der Waals surface area contributed by atoms with Crippen LogP contribution < -0.4 is 5.32 Å². The SMILES string of the molecule is Cc1ccc(CN(C)CC(=O)Nc2ccc([N+](=O)[O-])cc2)c(C)c1. The van der Waals surface area contributed by atoms with Crippen molar-refractivity contribution in [2.75, 3.05) is 18.9 Å². The number of nitro groups is 1. The molecule has 24 heavy (non-hydrogen) atoms. The molecular weight excluding hydrogens is 306 g/mol. The number of likely N-dealkylation sites (N-methyl/N-ethyl adjacent to an activating group) is 1. The lowest BCUT2D eigenvalue weighted by atomic mass is 10.1. The highest BCUT2D eigenvalue weighted by atomic mass is 16.6. The van der Waals surface area contributed by atoms with Crippen molar-refractivity contribution >= 4 is 17.3 Å². The van der Waals surface area contributed by atoms with Crippen LogP contribution in [0.1, 0.15) is 16.7 Å². The van der Waals surface area contributed by atoms with Gasteiger partial charge >= 0.3 is 0 Å². The molecule has 6 nitrogen and oxygen atoms in total. The first kappa shape index (κ1) is 17.6. The smallest absolute Gasteiger partial charge is 0.269 e. The molecule has 1 N–H and O–H groups in total. The van der Waals surface area contributed by atoms with Crippen molar-refractivity contribution in [2.24, 2.45) is 0 Å². The highest BCUT2D eigenvalue weighted by Gasteiger charge is 2.10. The summed E-state index contributed by atoms with van der Waals surface area (Å²) in [6.45, 7) is 5.04. The predicted molar refractivity (Wildman–Crippen MR) is 94.0 cm³/mol. The van der Waals surface area contributed by atoms with Crippen LogP contribution in [0.4, 0.5) is 11.4 Å². The number of rotatable bonds is 6. The van der Waals surface area contributed by atoms with Crippen LogP contribution in [-0.2, 0) is 11.3 Å². The zero-order chi connectivity index (χ0) is 17.7. The van der Waals surface area contributed by atoms with E-state index in [0.29, 0.717) is 12.2 Å². The third-order valence-electron chi connectivity index (χ3n) is 3.71. The van der Waals surface area contributed by atoms with E-state index >= 15 is 0 Å². The second-order valence-corrected chi connectivity index (χ2v) is 5.95. The fourth-order valence-corrected chi connectivity index (χ4v) is 2.48. The standard InChI is InChI=1S/C18H21N3O3/c1-13-4-5-15(14(2)10-13)11-20(3)12-18(22)19-16-6-8-17(9-7-16)21(23)24/h4-10H,11-12H2,1-3H3,(H,19,22). The third kappa shape index (κ3) is 4.89. The molecule has 0 aliphatic rings. The van der Waals surface area contributed by atoms with Crippen LogP contribution in [0.25, 0.3) is 0 Å². The molecule has 2 rings (SSSR count). The van der Waals surface area contributed by atoms with Gasteiger partial charge in [0.05, 0.1) is 11.5 Å². The fraction of sp³-hybridized carbons (Fsp3) is 0.278. The summed E-state index contributed by atoms with van der Waals surface area (Å²) in [6, 6.07) is 12.1. The summed E-state index contributed by atoms with van der Waals surface area (Å²) in [6.07, 6.45) is 0. The molecular formula is C18H21N3O3. The van der Waals surface area contributed by atoms with Gasteiger partial charge in [-0.15, -0.1) is 0 Å². The van der Waals surface area contributed by atoms with Gasteiger partial charge < -0.3 is 5.32 Å². The maximum atomic E-state index is 12.1. The van der Waals surface area contributed by atoms with Crippen LogP contribution in [0.2, 0.25) is 0 Å². The van der Waals surface area contributed by atoms with Crippen LogP contribution >= 0.6 is 0 Å². The quantitative estimate of drug-likeness (QED) is 0.652. The number of aryl methyl sites for hydroxylation is 2. The summed E-state index contributed by atoms with van der Waals surface area (Å²) >= 11 is 0. The molecule has 0 bridgehead atoms. The number of benzene rings is 2. The average Bonchev–Trinajstić information content (AvgIpc) is 2.50. The van der Waals surface area contributed by atoms with Gasteiger partial charge in [-0.1, -0.05) is 23.8 Å². The Morgan fingerprint density at radius 2 is 1.83 bits per heavy atom. The molecule has 0 saturated heterocycles. The van der Waals surface area contributed by atoms with Gasteiger partial charge in [0.15, 0.2) is 0 Å². The second kappa shape index (κ2) is 7.70. The minimum absolute atomic E-state index is 0.0000340. The zero-order valence-corrected chi connectivity index (χ0v) is 14.1. The van der Waals surface area contributed by atoms with Gasteiger partial charge in [-0.3, -0.25) is 19.8 Å². The number of carbonyl (C=O) groups excluding carboxylic acids is 1. The number of nitrogens with one attached hydrogen (secondary N) is 1. The van der Waals surface area contributed by atoms with E-state index < -0.39 is 4.92 Å². The number of nitrogens with zero attached hydrogens (tertiary/aromatic N) is 2. The molecule has 0 fully saturated rings. The molecule has 6 heteroatoms. The first-order valence-corrected chi connectivity index (χ1v) is 7.64.